The van der Waals surface area contributed by atoms with Crippen molar-refractivity contribution in [3.63, 3.8) is 0 Å². The smallest absolute Gasteiger partial charge is 0.331 e. The molecule has 0 radical (unpaired) electrons. The van der Waals surface area contributed by atoms with Gasteiger partial charge in [0.2, 0.25) is 0 Å². The molecule has 11 heteroatoms. The number of quaternary nitrogens is 2. The molecule has 0 N–H and O–H groups in total. The summed E-state index contributed by atoms with van der Waals surface area (Å²) in [7, 11) is 9.51. The van der Waals surface area contributed by atoms with Gasteiger partial charge in [-0.3, -0.25) is 0 Å². The molecule has 51 heavy (non-hydrogen) atoms. The van der Waals surface area contributed by atoms with Crippen molar-refractivity contribution in [1.29, 1.82) is 0 Å². The quantitative estimate of drug-likeness (QED) is 0.0929. The third-order valence-electron chi connectivity index (χ3n) is 10.5. The number of rotatable bonds is 15. The summed E-state index contributed by atoms with van der Waals surface area (Å²) in [5.41, 5.74) is 5.01. The first kappa shape index (κ1) is 41.7. The first-order chi connectivity index (χ1) is 23.7. The van der Waals surface area contributed by atoms with E-state index >= 15 is 0 Å². The molecule has 0 aliphatic carbocycles. The van der Waals surface area contributed by atoms with E-state index in [0.717, 1.165) is 78.1 Å². The van der Waals surface area contributed by atoms with Gasteiger partial charge in [0.05, 0.1) is 61.7 Å². The molecule has 5 rings (SSSR count). The number of likely N-dealkylation sites (tertiary alicyclic amines) is 1. The molecule has 1 saturated heterocycles. The summed E-state index contributed by atoms with van der Waals surface area (Å²) in [6.45, 7) is 4.30. The Bertz CT molecular complexity index is 1600. The molecule has 2 aliphatic rings. The minimum atomic E-state index is -0.541. The lowest BCUT2D eigenvalue weighted by molar-refractivity contribution is -0.941. The standard InChI is InChI=1S/C40H52N2O7.2ClH/c1-41(23-20-32-26-37(46-4)38(47-5)27-35(32)36(41)25-30-14-16-34(45-3)17-15-30)22-10-24-48-39(43)18-19-40(44)49-29-33-13-9-21-42(33,2)28-31-11-7-6-8-12-31;;/h6-8,11-12,14-19,26-27,33,36H,9-10,13,20-25,28-29H2,1-5H3;2*1H/q+2;;/p-2. The summed E-state index contributed by atoms with van der Waals surface area (Å²) in [6, 6.07) is 23.3. The number of likely N-dealkylation sites (N-methyl/N-ethyl adjacent to an activating group) is 2. The van der Waals surface area contributed by atoms with Crippen molar-refractivity contribution >= 4 is 11.9 Å². The first-order valence-corrected chi connectivity index (χ1v) is 17.3. The lowest BCUT2D eigenvalue weighted by Crippen LogP contribution is -3.00. The average molecular weight is 744 g/mol. The Morgan fingerprint density at radius 3 is 2.12 bits per heavy atom. The molecule has 1 fully saturated rings. The molecular weight excluding hydrogens is 691 g/mol. The van der Waals surface area contributed by atoms with Crippen molar-refractivity contribution in [1.82, 2.24) is 0 Å². The van der Waals surface area contributed by atoms with Crippen molar-refractivity contribution in [2.45, 2.75) is 50.7 Å². The molecule has 0 bridgehead atoms. The third kappa shape index (κ3) is 10.6. The highest BCUT2D eigenvalue weighted by Crippen LogP contribution is 2.42. The Morgan fingerprint density at radius 1 is 0.784 bits per heavy atom. The molecule has 0 amide bonds. The summed E-state index contributed by atoms with van der Waals surface area (Å²) < 4.78 is 29.4. The van der Waals surface area contributed by atoms with Crippen LogP contribution in [-0.4, -0.2) is 95.2 Å². The van der Waals surface area contributed by atoms with Crippen LogP contribution in [0.4, 0.5) is 0 Å². The molecule has 0 saturated carbocycles. The van der Waals surface area contributed by atoms with Gasteiger partial charge in [0.15, 0.2) is 11.5 Å². The van der Waals surface area contributed by atoms with Gasteiger partial charge in [-0.15, -0.1) is 0 Å². The van der Waals surface area contributed by atoms with Gasteiger partial charge in [-0.25, -0.2) is 9.59 Å². The second-order valence-corrected chi connectivity index (χ2v) is 13.8. The van der Waals surface area contributed by atoms with Gasteiger partial charge in [0, 0.05) is 55.4 Å². The van der Waals surface area contributed by atoms with Gasteiger partial charge in [0.25, 0.3) is 0 Å². The van der Waals surface area contributed by atoms with Crippen LogP contribution in [0.2, 0.25) is 0 Å². The van der Waals surface area contributed by atoms with Gasteiger partial charge in [-0.2, -0.15) is 0 Å². The normalized spacial score (nSPS) is 22.2. The minimum Gasteiger partial charge on any atom is -1.00 e. The van der Waals surface area contributed by atoms with Crippen molar-refractivity contribution < 1.29 is 67.1 Å². The first-order valence-electron chi connectivity index (χ1n) is 17.3. The van der Waals surface area contributed by atoms with Crippen LogP contribution in [0.5, 0.6) is 17.2 Å². The highest BCUT2D eigenvalue weighted by molar-refractivity contribution is 5.91. The summed E-state index contributed by atoms with van der Waals surface area (Å²) in [4.78, 5) is 25.0. The van der Waals surface area contributed by atoms with Gasteiger partial charge in [0.1, 0.15) is 31.0 Å². The van der Waals surface area contributed by atoms with Gasteiger partial charge < -0.3 is 57.5 Å². The molecule has 4 unspecified atom stereocenters. The minimum absolute atomic E-state index is 0. The van der Waals surface area contributed by atoms with E-state index in [1.54, 1.807) is 21.3 Å². The summed E-state index contributed by atoms with van der Waals surface area (Å²) in [5.74, 6) is 1.23. The fraction of sp³-hybridized carbons (Fsp3) is 0.450. The molecule has 0 spiro atoms. The van der Waals surface area contributed by atoms with Crippen LogP contribution in [0.15, 0.2) is 78.9 Å². The highest BCUT2D eigenvalue weighted by Gasteiger charge is 2.40. The molecule has 2 aliphatic heterocycles. The van der Waals surface area contributed by atoms with Gasteiger partial charge in [-0.05, 0) is 35.4 Å². The van der Waals surface area contributed by atoms with Crippen molar-refractivity contribution in [2.24, 2.45) is 0 Å². The van der Waals surface area contributed by atoms with Crippen LogP contribution in [0, 0.1) is 0 Å². The van der Waals surface area contributed by atoms with Crippen LogP contribution in [0.1, 0.15) is 47.6 Å². The van der Waals surface area contributed by atoms with Gasteiger partial charge >= 0.3 is 11.9 Å². The average Bonchev–Trinajstić information content (AvgIpc) is 3.48. The van der Waals surface area contributed by atoms with Crippen LogP contribution in [-0.2, 0) is 38.4 Å². The highest BCUT2D eigenvalue weighted by atomic mass is 35.5. The van der Waals surface area contributed by atoms with E-state index in [1.165, 1.54) is 34.4 Å². The summed E-state index contributed by atoms with van der Waals surface area (Å²) >= 11 is 0. The van der Waals surface area contributed by atoms with Crippen molar-refractivity contribution in [2.75, 3.05) is 68.3 Å². The van der Waals surface area contributed by atoms with E-state index in [2.05, 4.69) is 62.6 Å². The number of hydrogen-bond acceptors (Lipinski definition) is 7. The van der Waals surface area contributed by atoms with Crippen molar-refractivity contribution in [3.8, 4) is 17.2 Å². The van der Waals surface area contributed by atoms with Crippen LogP contribution in [0.3, 0.4) is 0 Å². The number of methoxy groups -OCH3 is 3. The fourth-order valence-corrected chi connectivity index (χ4v) is 7.58. The number of fused-ring (bicyclic) bond motifs is 1. The van der Waals surface area contributed by atoms with E-state index < -0.39 is 11.9 Å². The molecule has 2 heterocycles. The fourth-order valence-electron chi connectivity index (χ4n) is 7.58. The zero-order chi connectivity index (χ0) is 34.9. The number of carbonyl (C=O) groups is 2. The van der Waals surface area contributed by atoms with E-state index in [0.29, 0.717) is 13.0 Å². The van der Waals surface area contributed by atoms with E-state index in [9.17, 15) is 9.59 Å². The number of ether oxygens (including phenoxy) is 5. The summed E-state index contributed by atoms with van der Waals surface area (Å²) in [5, 5.41) is 0. The SMILES string of the molecule is COc1ccc(CC2c3cc(OC)c(OC)cc3CC[N+]2(C)CCCOC(=O)C=CC(=O)OCC2CCC[N+]2(C)Cc2ccccc2)cc1.[Cl-].[Cl-]. The predicted molar refractivity (Wildman–Crippen MR) is 189 cm³/mol. The van der Waals surface area contributed by atoms with E-state index in [-0.39, 0.29) is 43.5 Å². The second-order valence-electron chi connectivity index (χ2n) is 13.8. The third-order valence-corrected chi connectivity index (χ3v) is 10.5. The molecular formula is C40H52Cl2N2O7. The number of benzene rings is 3. The second kappa shape index (κ2) is 19.2. The zero-order valence-corrected chi connectivity index (χ0v) is 32.0. The molecule has 9 nitrogen and oxygen atoms in total. The molecule has 278 valence electrons. The maximum absolute atomic E-state index is 12.5. The Kier molecular flexibility index (Phi) is 15.7. The number of halogens is 2. The number of nitrogens with zero attached hydrogens (tertiary/aromatic N) is 2. The largest absolute Gasteiger partial charge is 1.00 e. The topological polar surface area (TPSA) is 80.3 Å². The molecule has 3 aromatic rings. The predicted octanol–water partition coefficient (Wildman–Crippen LogP) is -0.151. The lowest BCUT2D eigenvalue weighted by Gasteiger charge is -2.46. The Hall–Kier alpha value is -3.76. The Morgan fingerprint density at radius 2 is 1.45 bits per heavy atom. The number of hydrogen-bond donors (Lipinski definition) is 0. The summed E-state index contributed by atoms with van der Waals surface area (Å²) in [6.07, 6.45) is 6.88. The Labute approximate surface area is 315 Å². The maximum Gasteiger partial charge on any atom is 0.331 e. The van der Waals surface area contributed by atoms with Gasteiger partial charge in [-0.1, -0.05) is 42.5 Å². The number of carbonyl (C=O) groups excluding carboxylic acids is 2. The molecule has 3 aromatic carbocycles. The van der Waals surface area contributed by atoms with E-state index in [4.69, 9.17) is 23.7 Å². The van der Waals surface area contributed by atoms with E-state index in [1.807, 2.05) is 18.2 Å². The van der Waals surface area contributed by atoms with Crippen molar-refractivity contribution in [3.05, 3.63) is 101 Å². The maximum atomic E-state index is 12.5. The van der Waals surface area contributed by atoms with Crippen LogP contribution in [0.25, 0.3) is 0 Å². The van der Waals surface area contributed by atoms with Crippen LogP contribution >= 0.6 is 0 Å². The lowest BCUT2D eigenvalue weighted by atomic mass is 9.86. The Balaban J connectivity index is 0.00000351. The van der Waals surface area contributed by atoms with Crippen LogP contribution < -0.4 is 39.0 Å². The molecule has 0 aromatic heterocycles. The molecule has 4 atom stereocenters. The monoisotopic (exact) mass is 742 g/mol. The number of esters is 2. The zero-order valence-electron chi connectivity index (χ0n) is 30.4.